The van der Waals surface area contributed by atoms with Gasteiger partial charge in [0.2, 0.25) is 5.91 Å². The number of benzene rings is 2. The van der Waals surface area contributed by atoms with E-state index in [0.29, 0.717) is 11.6 Å². The van der Waals surface area contributed by atoms with Gasteiger partial charge in [0.05, 0.1) is 12.1 Å². The molecule has 0 fully saturated rings. The van der Waals surface area contributed by atoms with Crippen LogP contribution in [0.1, 0.15) is 21.8 Å². The van der Waals surface area contributed by atoms with Gasteiger partial charge < -0.3 is 10.1 Å². The Morgan fingerprint density at radius 1 is 1.15 bits per heavy atom. The molecule has 0 saturated carbocycles. The van der Waals surface area contributed by atoms with Gasteiger partial charge >= 0.3 is 0 Å². The van der Waals surface area contributed by atoms with E-state index in [2.05, 4.69) is 10.3 Å². The molecule has 26 heavy (non-hydrogen) atoms. The second-order valence-electron chi connectivity index (χ2n) is 5.97. The van der Waals surface area contributed by atoms with Crippen molar-refractivity contribution in [3.05, 3.63) is 74.7 Å². The Morgan fingerprint density at radius 2 is 1.85 bits per heavy atom. The molecule has 0 radical (unpaired) electrons. The predicted molar refractivity (Wildman–Crippen MR) is 106 cm³/mol. The van der Waals surface area contributed by atoms with Gasteiger partial charge in [0, 0.05) is 16.1 Å². The first-order valence-corrected chi connectivity index (χ1v) is 9.45. The van der Waals surface area contributed by atoms with Crippen LogP contribution in [0.4, 0.5) is 5.69 Å². The lowest BCUT2D eigenvalue weighted by atomic mass is 10.1. The molecular formula is C20H19ClN2O2S. The fourth-order valence-electron chi connectivity index (χ4n) is 2.53. The van der Waals surface area contributed by atoms with E-state index in [0.717, 1.165) is 33.3 Å². The van der Waals surface area contributed by atoms with Crippen molar-refractivity contribution in [3.63, 3.8) is 0 Å². The molecule has 0 aliphatic rings. The maximum Gasteiger partial charge on any atom is 0.230 e. The van der Waals surface area contributed by atoms with Crippen LogP contribution in [0, 0.1) is 13.8 Å². The fraction of sp³-hybridized carbons (Fsp3) is 0.200. The first-order chi connectivity index (χ1) is 12.5. The summed E-state index contributed by atoms with van der Waals surface area (Å²) >= 11 is 7.34. The highest BCUT2D eigenvalue weighted by molar-refractivity contribution is 7.09. The lowest BCUT2D eigenvalue weighted by Crippen LogP contribution is -2.16. The summed E-state index contributed by atoms with van der Waals surface area (Å²) in [6, 6.07) is 13.1. The number of carbonyl (C=O) groups excluding carboxylic acids is 1. The predicted octanol–water partition coefficient (Wildman–Crippen LogP) is 5.17. The van der Waals surface area contributed by atoms with Crippen LogP contribution in [0.25, 0.3) is 0 Å². The van der Waals surface area contributed by atoms with Gasteiger partial charge in [0.1, 0.15) is 17.4 Å². The normalized spacial score (nSPS) is 10.6. The average Bonchev–Trinajstić information content (AvgIpc) is 3.05. The minimum Gasteiger partial charge on any atom is -0.486 e. The van der Waals surface area contributed by atoms with Gasteiger partial charge in [-0.25, -0.2) is 4.98 Å². The van der Waals surface area contributed by atoms with Gasteiger partial charge in [-0.2, -0.15) is 0 Å². The monoisotopic (exact) mass is 386 g/mol. The third-order valence-corrected chi connectivity index (χ3v) is 4.99. The molecule has 1 aromatic heterocycles. The number of nitrogens with one attached hydrogen (secondary N) is 1. The second kappa shape index (κ2) is 8.34. The molecule has 1 amide bonds. The van der Waals surface area contributed by atoms with Crippen LogP contribution in [0.15, 0.2) is 47.8 Å². The van der Waals surface area contributed by atoms with Gasteiger partial charge in [-0.3, -0.25) is 4.79 Å². The van der Waals surface area contributed by atoms with Gasteiger partial charge in [0.15, 0.2) is 0 Å². The van der Waals surface area contributed by atoms with Crippen LogP contribution in [-0.2, 0) is 17.8 Å². The zero-order chi connectivity index (χ0) is 18.5. The molecule has 0 saturated heterocycles. The molecule has 0 unspecified atom stereocenters. The molecule has 6 heteroatoms. The third-order valence-electron chi connectivity index (χ3n) is 3.86. The molecule has 0 atom stereocenters. The van der Waals surface area contributed by atoms with Gasteiger partial charge in [0.25, 0.3) is 0 Å². The number of hydrogen-bond acceptors (Lipinski definition) is 4. The summed E-state index contributed by atoms with van der Waals surface area (Å²) in [5, 5.41) is 6.37. The topological polar surface area (TPSA) is 51.2 Å². The standard InChI is InChI=1S/C20H19ClN2O2S/c1-13-4-3-5-14(2)20(13)23-18(24)10-16-12-26-19(22-16)11-25-17-8-6-15(21)7-9-17/h3-9,12H,10-11H2,1-2H3,(H,23,24). The van der Waals surface area contributed by atoms with Crippen LogP contribution in [-0.4, -0.2) is 10.9 Å². The number of rotatable bonds is 6. The number of nitrogens with zero attached hydrogens (tertiary/aromatic N) is 1. The molecule has 3 rings (SSSR count). The number of thiazole rings is 1. The van der Waals surface area contributed by atoms with Crippen LogP contribution < -0.4 is 10.1 Å². The summed E-state index contributed by atoms with van der Waals surface area (Å²) in [5.74, 6) is 0.664. The summed E-state index contributed by atoms with van der Waals surface area (Å²) < 4.78 is 5.68. The molecule has 1 heterocycles. The van der Waals surface area contributed by atoms with Crippen molar-refractivity contribution in [2.45, 2.75) is 26.9 Å². The number of aromatic nitrogens is 1. The number of aryl methyl sites for hydroxylation is 2. The van der Waals surface area contributed by atoms with Crippen LogP contribution in [0.5, 0.6) is 5.75 Å². The number of amides is 1. The lowest BCUT2D eigenvalue weighted by Gasteiger charge is -2.10. The highest BCUT2D eigenvalue weighted by Crippen LogP contribution is 2.21. The Labute approximate surface area is 161 Å². The van der Waals surface area contributed by atoms with Crippen molar-refractivity contribution in [1.82, 2.24) is 4.98 Å². The molecule has 0 aliphatic carbocycles. The van der Waals surface area contributed by atoms with Gasteiger partial charge in [-0.05, 0) is 49.2 Å². The SMILES string of the molecule is Cc1cccc(C)c1NC(=O)Cc1csc(COc2ccc(Cl)cc2)n1. The molecule has 4 nitrogen and oxygen atoms in total. The number of hydrogen-bond donors (Lipinski definition) is 1. The molecule has 2 aromatic carbocycles. The molecular weight excluding hydrogens is 368 g/mol. The fourth-order valence-corrected chi connectivity index (χ4v) is 3.36. The van der Waals surface area contributed by atoms with Crippen molar-refractivity contribution in [1.29, 1.82) is 0 Å². The van der Waals surface area contributed by atoms with Crippen LogP contribution in [0.3, 0.4) is 0 Å². The highest BCUT2D eigenvalue weighted by atomic mass is 35.5. The molecule has 134 valence electrons. The third kappa shape index (κ3) is 4.84. The van der Waals surface area contributed by atoms with E-state index in [1.807, 2.05) is 49.6 Å². The zero-order valence-corrected chi connectivity index (χ0v) is 16.2. The maximum atomic E-state index is 12.3. The van der Waals surface area contributed by atoms with Crippen molar-refractivity contribution >= 4 is 34.5 Å². The number of para-hydroxylation sites is 1. The van der Waals surface area contributed by atoms with Gasteiger partial charge in [-0.15, -0.1) is 11.3 Å². The summed E-state index contributed by atoms with van der Waals surface area (Å²) in [6.07, 6.45) is 0.241. The van der Waals surface area contributed by atoms with Crippen molar-refractivity contribution in [2.75, 3.05) is 5.32 Å². The Morgan fingerprint density at radius 3 is 2.54 bits per heavy atom. The van der Waals surface area contributed by atoms with E-state index in [9.17, 15) is 4.79 Å². The number of carbonyl (C=O) groups is 1. The van der Waals surface area contributed by atoms with E-state index in [-0.39, 0.29) is 12.3 Å². The summed E-state index contributed by atoms with van der Waals surface area (Å²) in [7, 11) is 0. The minimum atomic E-state index is -0.0714. The van der Waals surface area contributed by atoms with Gasteiger partial charge in [-0.1, -0.05) is 29.8 Å². The lowest BCUT2D eigenvalue weighted by molar-refractivity contribution is -0.115. The molecule has 3 aromatic rings. The van der Waals surface area contributed by atoms with E-state index in [1.54, 1.807) is 12.1 Å². The quantitative estimate of drug-likeness (QED) is 0.635. The van der Waals surface area contributed by atoms with E-state index in [4.69, 9.17) is 16.3 Å². The van der Waals surface area contributed by atoms with E-state index in [1.165, 1.54) is 11.3 Å². The van der Waals surface area contributed by atoms with Crippen molar-refractivity contribution in [3.8, 4) is 5.75 Å². The molecule has 1 N–H and O–H groups in total. The number of halogens is 1. The first-order valence-electron chi connectivity index (χ1n) is 8.19. The molecule has 0 bridgehead atoms. The second-order valence-corrected chi connectivity index (χ2v) is 7.35. The van der Waals surface area contributed by atoms with E-state index < -0.39 is 0 Å². The first kappa shape index (κ1) is 18.4. The molecule has 0 aliphatic heterocycles. The highest BCUT2D eigenvalue weighted by Gasteiger charge is 2.11. The largest absolute Gasteiger partial charge is 0.486 e. The summed E-state index contributed by atoms with van der Waals surface area (Å²) in [5.41, 5.74) is 3.72. The average molecular weight is 387 g/mol. The Kier molecular flexibility index (Phi) is 5.91. The molecule has 0 spiro atoms. The Hall–Kier alpha value is -2.37. The van der Waals surface area contributed by atoms with Crippen molar-refractivity contribution in [2.24, 2.45) is 0 Å². The van der Waals surface area contributed by atoms with Crippen LogP contribution >= 0.6 is 22.9 Å². The number of ether oxygens (including phenoxy) is 1. The van der Waals surface area contributed by atoms with E-state index >= 15 is 0 Å². The van der Waals surface area contributed by atoms with Crippen LogP contribution in [0.2, 0.25) is 5.02 Å². The Bertz CT molecular complexity index is 886. The summed E-state index contributed by atoms with van der Waals surface area (Å²) in [6.45, 7) is 4.33. The zero-order valence-electron chi connectivity index (χ0n) is 14.6. The summed E-state index contributed by atoms with van der Waals surface area (Å²) in [4.78, 5) is 16.8. The van der Waals surface area contributed by atoms with Crippen molar-refractivity contribution < 1.29 is 9.53 Å². The minimum absolute atomic E-state index is 0.0714. The maximum absolute atomic E-state index is 12.3. The number of anilines is 1. The smallest absolute Gasteiger partial charge is 0.230 e. The Balaban J connectivity index is 1.56.